The number of hydrogen-bond acceptors (Lipinski definition) is 6. The zero-order chi connectivity index (χ0) is 21.8. The van der Waals surface area contributed by atoms with E-state index in [-0.39, 0.29) is 17.8 Å². The Morgan fingerprint density at radius 3 is 2.66 bits per heavy atom. The number of nitrogens with zero attached hydrogens (tertiary/aromatic N) is 5. The molecule has 8 heteroatoms. The van der Waals surface area contributed by atoms with Crippen LogP contribution in [0.3, 0.4) is 0 Å². The number of benzene rings is 2. The summed E-state index contributed by atoms with van der Waals surface area (Å²) in [5.74, 6) is 0.763. The molecule has 1 amide bonds. The fourth-order valence-corrected chi connectivity index (χ4v) is 5.64. The number of likely N-dealkylation sites (tertiary alicyclic amines) is 1. The Labute approximate surface area is 188 Å². The van der Waals surface area contributed by atoms with E-state index in [0.717, 1.165) is 28.4 Å². The van der Waals surface area contributed by atoms with Gasteiger partial charge in [0, 0.05) is 31.1 Å². The lowest BCUT2D eigenvalue weighted by atomic mass is 9.92. The first kappa shape index (κ1) is 19.3. The van der Waals surface area contributed by atoms with Gasteiger partial charge >= 0.3 is 0 Å². The highest BCUT2D eigenvalue weighted by Crippen LogP contribution is 2.38. The smallest absolute Gasteiger partial charge is 0.274 e. The molecule has 2 aliphatic heterocycles. The molecule has 2 saturated heterocycles. The summed E-state index contributed by atoms with van der Waals surface area (Å²) >= 11 is 1.36. The predicted octanol–water partition coefficient (Wildman–Crippen LogP) is 4.16. The van der Waals surface area contributed by atoms with Crippen molar-refractivity contribution in [2.45, 2.75) is 13.0 Å². The molecule has 2 fully saturated rings. The van der Waals surface area contributed by atoms with Crippen LogP contribution >= 0.6 is 11.3 Å². The second kappa shape index (κ2) is 7.34. The molecular formula is C24H20FN5OS. The first-order valence-corrected chi connectivity index (χ1v) is 11.4. The van der Waals surface area contributed by atoms with E-state index >= 15 is 0 Å². The maximum atomic E-state index is 14.4. The monoisotopic (exact) mass is 445 g/mol. The van der Waals surface area contributed by atoms with Crippen LogP contribution in [-0.4, -0.2) is 51.4 Å². The number of hydrogen-bond donors (Lipinski definition) is 0. The molecule has 0 spiro atoms. The SMILES string of the molecule is Cc1nc(C(=O)N2C[C@H]3CN(c4cnc5ccccc5n4)[C@H]3C2)c(-c2ccccc2F)s1. The van der Waals surface area contributed by atoms with Crippen molar-refractivity contribution in [3.05, 3.63) is 71.2 Å². The van der Waals surface area contributed by atoms with Crippen LogP contribution in [0.1, 0.15) is 15.5 Å². The van der Waals surface area contributed by atoms with Crippen LogP contribution in [0.2, 0.25) is 0 Å². The number of aromatic nitrogens is 3. The van der Waals surface area contributed by atoms with Crippen LogP contribution in [0.25, 0.3) is 21.5 Å². The molecule has 32 heavy (non-hydrogen) atoms. The second-order valence-corrected chi connectivity index (χ2v) is 9.50. The lowest BCUT2D eigenvalue weighted by Crippen LogP contribution is -2.56. The quantitative estimate of drug-likeness (QED) is 0.474. The standard InChI is InChI=1S/C24H20FN5OS/c1-14-27-22(23(32-14)16-6-2-3-7-17(16)25)24(31)29-11-15-12-30(20(15)13-29)21-10-26-18-8-4-5-9-19(18)28-21/h2-10,15,20H,11-13H2,1H3/t15-,20-/m0/s1. The van der Waals surface area contributed by atoms with Crippen LogP contribution in [0, 0.1) is 18.7 Å². The summed E-state index contributed by atoms with van der Waals surface area (Å²) < 4.78 is 14.4. The van der Waals surface area contributed by atoms with Crippen molar-refractivity contribution in [1.82, 2.24) is 19.9 Å². The summed E-state index contributed by atoms with van der Waals surface area (Å²) in [7, 11) is 0. The Morgan fingerprint density at radius 2 is 1.81 bits per heavy atom. The van der Waals surface area contributed by atoms with Gasteiger partial charge in [0.2, 0.25) is 0 Å². The van der Waals surface area contributed by atoms with Crippen molar-refractivity contribution in [1.29, 1.82) is 0 Å². The Bertz CT molecular complexity index is 1360. The van der Waals surface area contributed by atoms with Crippen molar-refractivity contribution >= 4 is 34.1 Å². The lowest BCUT2D eigenvalue weighted by molar-refractivity contribution is 0.0785. The minimum atomic E-state index is -0.340. The second-order valence-electron chi connectivity index (χ2n) is 8.30. The summed E-state index contributed by atoms with van der Waals surface area (Å²) in [5, 5.41) is 0.752. The maximum absolute atomic E-state index is 14.4. The number of halogens is 1. The average Bonchev–Trinajstić information content (AvgIpc) is 3.34. The van der Waals surface area contributed by atoms with Gasteiger partial charge in [-0.1, -0.05) is 30.3 Å². The molecule has 2 aliphatic rings. The molecule has 0 radical (unpaired) electrons. The number of para-hydroxylation sites is 2. The van der Waals surface area contributed by atoms with Crippen molar-refractivity contribution in [2.24, 2.45) is 5.92 Å². The van der Waals surface area contributed by atoms with Gasteiger partial charge in [-0.2, -0.15) is 0 Å². The molecule has 160 valence electrons. The van der Waals surface area contributed by atoms with Gasteiger partial charge in [0.15, 0.2) is 0 Å². The van der Waals surface area contributed by atoms with E-state index in [1.54, 1.807) is 18.2 Å². The number of thiazole rings is 1. The van der Waals surface area contributed by atoms with Crippen LogP contribution in [0.4, 0.5) is 10.2 Å². The third kappa shape index (κ3) is 3.05. The molecular weight excluding hydrogens is 425 g/mol. The van der Waals surface area contributed by atoms with E-state index in [9.17, 15) is 9.18 Å². The van der Waals surface area contributed by atoms with E-state index in [2.05, 4.69) is 14.9 Å². The summed E-state index contributed by atoms with van der Waals surface area (Å²) in [5.41, 5.74) is 2.51. The van der Waals surface area contributed by atoms with Crippen LogP contribution in [0.5, 0.6) is 0 Å². The maximum Gasteiger partial charge on any atom is 0.274 e. The Balaban J connectivity index is 1.25. The van der Waals surface area contributed by atoms with Crippen molar-refractivity contribution < 1.29 is 9.18 Å². The molecule has 6 nitrogen and oxygen atoms in total. The minimum Gasteiger partial charge on any atom is -0.350 e. The van der Waals surface area contributed by atoms with Gasteiger partial charge in [-0.3, -0.25) is 9.78 Å². The number of fused-ring (bicyclic) bond motifs is 2. The number of rotatable bonds is 3. The normalized spacial score (nSPS) is 19.8. The molecule has 0 bridgehead atoms. The number of anilines is 1. The van der Waals surface area contributed by atoms with Gasteiger partial charge < -0.3 is 9.80 Å². The summed E-state index contributed by atoms with van der Waals surface area (Å²) in [6, 6.07) is 14.6. The minimum absolute atomic E-state index is 0.133. The molecule has 0 aliphatic carbocycles. The van der Waals surface area contributed by atoms with Crippen molar-refractivity contribution in [2.75, 3.05) is 24.5 Å². The van der Waals surface area contributed by atoms with Crippen LogP contribution in [-0.2, 0) is 0 Å². The molecule has 0 saturated carbocycles. The van der Waals surface area contributed by atoms with E-state index in [1.807, 2.05) is 42.3 Å². The van der Waals surface area contributed by atoms with Crippen LogP contribution < -0.4 is 4.90 Å². The summed E-state index contributed by atoms with van der Waals surface area (Å²) in [4.78, 5) is 31.8. The molecule has 0 N–H and O–H groups in total. The highest BCUT2D eigenvalue weighted by molar-refractivity contribution is 7.15. The highest BCUT2D eigenvalue weighted by atomic mass is 32.1. The summed E-state index contributed by atoms with van der Waals surface area (Å²) in [6.45, 7) is 3.97. The van der Waals surface area contributed by atoms with E-state index in [4.69, 9.17) is 4.98 Å². The van der Waals surface area contributed by atoms with Gasteiger partial charge in [0.1, 0.15) is 17.3 Å². The predicted molar refractivity (Wildman–Crippen MR) is 122 cm³/mol. The molecule has 4 heterocycles. The lowest BCUT2D eigenvalue weighted by Gasteiger charge is -2.44. The summed E-state index contributed by atoms with van der Waals surface area (Å²) in [6.07, 6.45) is 1.81. The number of carbonyl (C=O) groups is 1. The zero-order valence-electron chi connectivity index (χ0n) is 17.4. The van der Waals surface area contributed by atoms with E-state index in [0.29, 0.717) is 35.1 Å². The first-order valence-electron chi connectivity index (χ1n) is 10.6. The molecule has 0 unspecified atom stereocenters. The van der Waals surface area contributed by atoms with Gasteiger partial charge in [0.05, 0.1) is 33.2 Å². The molecule has 2 aromatic heterocycles. The zero-order valence-corrected chi connectivity index (χ0v) is 18.2. The third-order valence-electron chi connectivity index (χ3n) is 6.31. The topological polar surface area (TPSA) is 62.2 Å². The van der Waals surface area contributed by atoms with Gasteiger partial charge in [-0.25, -0.2) is 14.4 Å². The Hall–Kier alpha value is -3.39. The molecule has 4 aromatic rings. The van der Waals surface area contributed by atoms with E-state index in [1.165, 1.54) is 17.4 Å². The van der Waals surface area contributed by atoms with Gasteiger partial charge in [-0.15, -0.1) is 11.3 Å². The average molecular weight is 446 g/mol. The molecule has 2 atom stereocenters. The fourth-order valence-electron chi connectivity index (χ4n) is 4.70. The largest absolute Gasteiger partial charge is 0.350 e. The number of amides is 1. The molecule has 2 aromatic carbocycles. The van der Waals surface area contributed by atoms with Crippen molar-refractivity contribution in [3.8, 4) is 10.4 Å². The van der Waals surface area contributed by atoms with Gasteiger partial charge in [-0.05, 0) is 25.1 Å². The van der Waals surface area contributed by atoms with Crippen molar-refractivity contribution in [3.63, 3.8) is 0 Å². The number of carbonyl (C=O) groups excluding carboxylic acids is 1. The van der Waals surface area contributed by atoms with Crippen LogP contribution in [0.15, 0.2) is 54.7 Å². The highest BCUT2D eigenvalue weighted by Gasteiger charge is 2.48. The first-order chi connectivity index (χ1) is 15.6. The Kier molecular flexibility index (Phi) is 4.43. The van der Waals surface area contributed by atoms with E-state index < -0.39 is 0 Å². The molecule has 6 rings (SSSR count). The third-order valence-corrected chi connectivity index (χ3v) is 7.31. The Morgan fingerprint density at radius 1 is 1.03 bits per heavy atom. The number of aryl methyl sites for hydroxylation is 1. The van der Waals surface area contributed by atoms with Gasteiger partial charge in [0.25, 0.3) is 5.91 Å². The fraction of sp³-hybridized carbons (Fsp3) is 0.250.